The Hall–Kier alpha value is -5.23. The summed E-state index contributed by atoms with van der Waals surface area (Å²) in [5, 5.41) is 7.82. The lowest BCUT2D eigenvalue weighted by atomic mass is 9.63. The summed E-state index contributed by atoms with van der Waals surface area (Å²) in [5.74, 6) is 1.93. The Kier molecular flexibility index (Phi) is 13.1. The van der Waals surface area contributed by atoms with Crippen LogP contribution in [0.25, 0.3) is 94.4 Å². The molecule has 7 aromatic carbocycles. The number of hydrogen-bond donors (Lipinski definition) is 0. The Labute approximate surface area is 492 Å². The second-order valence-corrected chi connectivity index (χ2v) is 24.8. The van der Waals surface area contributed by atoms with E-state index in [9.17, 15) is 0 Å². The molecule has 6 nitrogen and oxygen atoms in total. The summed E-state index contributed by atoms with van der Waals surface area (Å²) in [6.45, 7) is 0. The molecule has 11 rings (SSSR count). The summed E-state index contributed by atoms with van der Waals surface area (Å²) in [6, 6.07) is 0. The molecule has 0 fully saturated rings. The molecule has 350 valence electrons. The summed E-state index contributed by atoms with van der Waals surface area (Å²) in [4.78, 5) is 18.1. The van der Waals surface area contributed by atoms with E-state index >= 15 is 0 Å². The van der Waals surface area contributed by atoms with Gasteiger partial charge in [-0.1, -0.05) is 115 Å². The van der Waals surface area contributed by atoms with Crippen molar-refractivity contribution in [1.82, 2.24) is 28.7 Å². The van der Waals surface area contributed by atoms with Gasteiger partial charge < -0.3 is 4.57 Å². The number of nitrogens with zero attached hydrogens (tertiary/aromatic N) is 6. The van der Waals surface area contributed by atoms with Crippen molar-refractivity contribution in [2.75, 3.05) is 0 Å². The first kappa shape index (κ1) is 55.7. The number of aromatic nitrogens is 6. The molecule has 34 heteroatoms. The third kappa shape index (κ3) is 7.09. The van der Waals surface area contributed by atoms with Crippen LogP contribution >= 0.6 is 0 Å². The maximum atomic E-state index is 6.07. The Morgan fingerprint density at radius 3 is 0.608 bits per heavy atom. The van der Waals surface area contributed by atoms with Crippen LogP contribution in [-0.4, -0.2) is 248 Å². The van der Waals surface area contributed by atoms with E-state index in [4.69, 9.17) is 15.0 Å². The summed E-state index contributed by atoms with van der Waals surface area (Å²) < 4.78 is 7.59. The van der Waals surface area contributed by atoms with Crippen LogP contribution in [0.1, 0.15) is 0 Å². The molecule has 0 N–H and O–H groups in total. The predicted octanol–water partition coefficient (Wildman–Crippen LogP) is -37.9. The normalized spacial score (nSPS) is 11.9. The van der Waals surface area contributed by atoms with Crippen molar-refractivity contribution in [2.45, 2.75) is 0 Å². The molecule has 79 heavy (non-hydrogen) atoms. The Morgan fingerprint density at radius 2 is 0.367 bits per heavy atom. The van der Waals surface area contributed by atoms with E-state index in [1.807, 2.05) is 0 Å². The average molecular weight is 984 g/mol. The number of benzene rings is 7. The molecular weight excluding hydrogens is 927 g/mol. The molecule has 0 atom stereocenters. The first-order chi connectivity index (χ1) is 36.9. The minimum atomic E-state index is 0.628. The van der Waals surface area contributed by atoms with Crippen LogP contribution < -0.4 is 153 Å². The standard InChI is InChI=1S/C45H56B28N6/c46-8-1-2-9(47)16(54)23(61)30(68)37(2)77(36(1)29(67)22(60)15(8)53)42-7(14(52)21(59)28(66)35(42)73)43-74-44(78-38-3(10(48)17(55)24(62)31(38)69)4-11(49)18(56)25(63)32(70)39(4)78)76-45(75-43)79-40-5(12(50)19(57)26(64)33(40)71)6-13(51)20(58)27(65)34(72)41(6)79/h46-73H2. The van der Waals surface area contributed by atoms with Crippen LogP contribution in [0.3, 0.4) is 0 Å². The highest BCUT2D eigenvalue weighted by atomic mass is 15.3. The number of fused-ring (bicyclic) bond motifs is 9. The summed E-state index contributed by atoms with van der Waals surface area (Å²) in [5.41, 5.74) is 45.7. The molecule has 0 bridgehead atoms. The van der Waals surface area contributed by atoms with Gasteiger partial charge in [-0.2, -0.15) is 15.0 Å². The summed E-state index contributed by atoms with van der Waals surface area (Å²) in [6.07, 6.45) is 0. The zero-order chi connectivity index (χ0) is 57.8. The highest BCUT2D eigenvalue weighted by Gasteiger charge is 2.32. The third-order valence-electron chi connectivity index (χ3n) is 22.1. The first-order valence-electron chi connectivity index (χ1n) is 28.9. The molecular formula is C45H56B28N6. The van der Waals surface area contributed by atoms with Gasteiger partial charge in [0.2, 0.25) is 11.9 Å². The predicted molar refractivity (Wildman–Crippen MR) is 437 cm³/mol. The van der Waals surface area contributed by atoms with Crippen LogP contribution in [0.15, 0.2) is 0 Å². The monoisotopic (exact) mass is 989 g/mol. The van der Waals surface area contributed by atoms with Gasteiger partial charge >= 0.3 is 0 Å². The molecule has 0 spiro atoms. The van der Waals surface area contributed by atoms with E-state index in [-0.39, 0.29) is 0 Å². The van der Waals surface area contributed by atoms with Gasteiger partial charge in [-0.3, -0.25) is 9.13 Å². The molecule has 0 saturated heterocycles. The highest BCUT2D eigenvalue weighted by Crippen LogP contribution is 2.33. The lowest BCUT2D eigenvalue weighted by Gasteiger charge is -2.26. The van der Waals surface area contributed by atoms with Crippen molar-refractivity contribution in [2.24, 2.45) is 0 Å². The zero-order valence-corrected chi connectivity index (χ0v) is 53.2. The van der Waals surface area contributed by atoms with Crippen molar-refractivity contribution in [3.8, 4) is 29.0 Å². The minimum Gasteiger partial charge on any atom is -0.310 e. The van der Waals surface area contributed by atoms with Gasteiger partial charge in [-0.25, -0.2) is 0 Å². The van der Waals surface area contributed by atoms with Gasteiger partial charge in [-0.05, 0) is 32.3 Å². The van der Waals surface area contributed by atoms with Crippen LogP contribution in [0.4, 0.5) is 0 Å². The maximum absolute atomic E-state index is 6.07. The van der Waals surface area contributed by atoms with E-state index < -0.39 is 0 Å². The van der Waals surface area contributed by atoms with E-state index in [1.54, 1.807) is 0 Å². The molecule has 11 aromatic rings. The molecule has 0 aliphatic carbocycles. The van der Waals surface area contributed by atoms with Crippen molar-refractivity contribution < 1.29 is 0 Å². The van der Waals surface area contributed by atoms with Crippen LogP contribution in [0.2, 0.25) is 0 Å². The van der Waals surface area contributed by atoms with Crippen molar-refractivity contribution >= 4 is 438 Å². The van der Waals surface area contributed by atoms with Crippen molar-refractivity contribution in [3.63, 3.8) is 0 Å². The highest BCUT2D eigenvalue weighted by molar-refractivity contribution is 6.76. The van der Waals surface area contributed by atoms with E-state index in [2.05, 4.69) is 233 Å². The first-order valence-corrected chi connectivity index (χ1v) is 28.9. The molecule has 0 saturated carbocycles. The quantitative estimate of drug-likeness (QED) is 0.165. The summed E-state index contributed by atoms with van der Waals surface area (Å²) in [7, 11) is 64.8. The third-order valence-corrected chi connectivity index (χ3v) is 22.1. The average Bonchev–Trinajstić information content (AvgIpc) is 4.34. The fourth-order valence-electron chi connectivity index (χ4n) is 14.7. The summed E-state index contributed by atoms with van der Waals surface area (Å²) >= 11 is 0. The van der Waals surface area contributed by atoms with Gasteiger partial charge in [0.15, 0.2) is 5.82 Å². The Balaban J connectivity index is 1.47. The van der Waals surface area contributed by atoms with Crippen molar-refractivity contribution in [3.05, 3.63) is 0 Å². The van der Waals surface area contributed by atoms with Gasteiger partial charge in [0, 0.05) is 44.4 Å². The molecule has 0 aliphatic rings. The van der Waals surface area contributed by atoms with E-state index in [1.165, 1.54) is 218 Å². The lowest BCUT2D eigenvalue weighted by Crippen LogP contribution is -2.51. The second kappa shape index (κ2) is 18.6. The molecule has 4 heterocycles. The van der Waals surface area contributed by atoms with E-state index in [0.29, 0.717) is 17.7 Å². The Morgan fingerprint density at radius 1 is 0.177 bits per heavy atom. The lowest BCUT2D eigenvalue weighted by molar-refractivity contribution is 0.895. The molecule has 0 unspecified atom stereocenters. The van der Waals surface area contributed by atoms with Crippen LogP contribution in [0.5, 0.6) is 0 Å². The molecule has 4 aromatic heterocycles. The fourth-order valence-corrected chi connectivity index (χ4v) is 14.7. The maximum Gasteiger partial charge on any atom is 0.240 e. The SMILES string of the molecule is Bc1c(B)c(B)c(-n2c3c(B)c(B)c(B)c(B)c3c3c(B)c(B)c(B)c(B)c32)c(-c2nc(-n3c4c(B)c(B)c(B)c(B)c4c4c(B)c(B)c(B)c(B)c43)nc(-n3c4c(B)c(B)c(B)c(B)c4c4c(B)c(B)c(B)c(B)c43)n2)c1B. The van der Waals surface area contributed by atoms with Gasteiger partial charge in [-0.15, -0.1) is 38.2 Å². The van der Waals surface area contributed by atoms with Crippen LogP contribution in [-0.2, 0) is 0 Å². The number of rotatable bonds is 4. The minimum absolute atomic E-state index is 0.628. The van der Waals surface area contributed by atoms with Gasteiger partial charge in [0.05, 0.1) is 0 Å². The Bertz CT molecular complexity index is 4360. The van der Waals surface area contributed by atoms with Crippen LogP contribution in [0, 0.1) is 0 Å². The van der Waals surface area contributed by atoms with Gasteiger partial charge in [0.1, 0.15) is 220 Å². The zero-order valence-electron chi connectivity index (χ0n) is 53.2. The topological polar surface area (TPSA) is 53.5 Å². The van der Waals surface area contributed by atoms with Gasteiger partial charge in [0.25, 0.3) is 0 Å². The molecule has 0 radical (unpaired) electrons. The largest absolute Gasteiger partial charge is 0.310 e. The number of hydrogen-bond acceptors (Lipinski definition) is 3. The molecule has 0 amide bonds. The molecule has 0 aliphatic heterocycles. The second-order valence-electron chi connectivity index (χ2n) is 24.8. The fraction of sp³-hybridized carbons (Fsp3) is 0. The van der Waals surface area contributed by atoms with E-state index in [0.717, 1.165) is 11.3 Å². The van der Waals surface area contributed by atoms with Crippen molar-refractivity contribution in [1.29, 1.82) is 0 Å². The smallest absolute Gasteiger partial charge is 0.240 e.